The van der Waals surface area contributed by atoms with E-state index in [4.69, 9.17) is 16.1 Å². The van der Waals surface area contributed by atoms with Crippen LogP contribution in [0.1, 0.15) is 29.3 Å². The van der Waals surface area contributed by atoms with E-state index in [1.165, 1.54) is 12.1 Å². The van der Waals surface area contributed by atoms with Crippen molar-refractivity contribution in [3.05, 3.63) is 98.9 Å². The van der Waals surface area contributed by atoms with Crippen LogP contribution in [0.5, 0.6) is 0 Å². The molecule has 1 aliphatic heterocycles. The van der Waals surface area contributed by atoms with E-state index in [0.717, 1.165) is 10.4 Å². The summed E-state index contributed by atoms with van der Waals surface area (Å²) in [4.78, 5) is 20.3. The Balaban J connectivity index is 1.59. The van der Waals surface area contributed by atoms with Crippen LogP contribution in [-0.2, 0) is 6.54 Å². The molecule has 6 nitrogen and oxygen atoms in total. The molecule has 0 saturated heterocycles. The minimum absolute atomic E-state index is 0.253. The first-order valence-corrected chi connectivity index (χ1v) is 11.4. The van der Waals surface area contributed by atoms with Gasteiger partial charge in [0.2, 0.25) is 5.82 Å². The first kappa shape index (κ1) is 21.4. The molecule has 0 aliphatic carbocycles. The number of hydrogen-bond acceptors (Lipinski definition) is 5. The molecule has 9 heteroatoms. The monoisotopic (exact) mass is 480 g/mol. The van der Waals surface area contributed by atoms with Gasteiger partial charge in [-0.15, -0.1) is 11.3 Å². The maximum absolute atomic E-state index is 13.6. The van der Waals surface area contributed by atoms with E-state index in [2.05, 4.69) is 15.5 Å². The summed E-state index contributed by atoms with van der Waals surface area (Å²) in [5, 5.41) is 9.73. The van der Waals surface area contributed by atoms with Crippen LogP contribution in [0.4, 0.5) is 9.18 Å². The largest absolute Gasteiger partial charge is 0.334 e. The third kappa shape index (κ3) is 4.27. The molecule has 0 fully saturated rings. The molecule has 0 bridgehead atoms. The number of carbonyl (C=O) groups excluding carboxylic acids is 1. The summed E-state index contributed by atoms with van der Waals surface area (Å²) in [6.45, 7) is 2.26. The lowest BCUT2D eigenvalue weighted by Crippen LogP contribution is -2.45. The van der Waals surface area contributed by atoms with Crippen molar-refractivity contribution in [1.29, 1.82) is 0 Å². The van der Waals surface area contributed by atoms with E-state index in [1.807, 2.05) is 24.4 Å². The van der Waals surface area contributed by atoms with Crippen LogP contribution in [0, 0.1) is 5.82 Å². The maximum Gasteiger partial charge on any atom is 0.322 e. The molecule has 0 radical (unpaired) electrons. The second-order valence-electron chi connectivity index (χ2n) is 7.53. The van der Waals surface area contributed by atoms with Gasteiger partial charge < -0.3 is 9.84 Å². The van der Waals surface area contributed by atoms with Crippen molar-refractivity contribution < 1.29 is 13.7 Å². The Morgan fingerprint density at radius 1 is 1.15 bits per heavy atom. The highest BCUT2D eigenvalue weighted by Crippen LogP contribution is 2.38. The van der Waals surface area contributed by atoms with Crippen molar-refractivity contribution >= 4 is 34.5 Å². The number of rotatable bonds is 5. The topological polar surface area (TPSA) is 71.3 Å². The Morgan fingerprint density at radius 2 is 1.91 bits per heavy atom. The highest BCUT2D eigenvalue weighted by Gasteiger charge is 2.36. The average Bonchev–Trinajstić information content (AvgIpc) is 3.50. The quantitative estimate of drug-likeness (QED) is 0.364. The molecule has 2 amide bonds. The van der Waals surface area contributed by atoms with E-state index in [9.17, 15) is 9.18 Å². The molecule has 1 N–H and O–H groups in total. The highest BCUT2D eigenvalue weighted by molar-refractivity contribution is 7.09. The van der Waals surface area contributed by atoms with Crippen LogP contribution in [-0.4, -0.2) is 21.1 Å². The third-order valence-corrected chi connectivity index (χ3v) is 6.57. The summed E-state index contributed by atoms with van der Waals surface area (Å²) in [7, 11) is 0. The lowest BCUT2D eigenvalue weighted by atomic mass is 9.94. The number of urea groups is 1. The second-order valence-corrected chi connectivity index (χ2v) is 9.00. The van der Waals surface area contributed by atoms with Crippen molar-refractivity contribution in [2.75, 3.05) is 0 Å². The smallest absolute Gasteiger partial charge is 0.322 e. The number of aromatic nitrogens is 2. The normalized spacial score (nSPS) is 16.3. The molecule has 1 unspecified atom stereocenters. The van der Waals surface area contributed by atoms with Gasteiger partial charge >= 0.3 is 6.03 Å². The molecule has 2 aromatic carbocycles. The van der Waals surface area contributed by atoms with Crippen LogP contribution >= 0.6 is 22.9 Å². The summed E-state index contributed by atoms with van der Waals surface area (Å²) in [6, 6.07) is 16.2. The van der Waals surface area contributed by atoms with E-state index < -0.39 is 6.04 Å². The summed E-state index contributed by atoms with van der Waals surface area (Å²) < 4.78 is 19.2. The first-order valence-electron chi connectivity index (χ1n) is 10.2. The molecule has 3 heterocycles. The fourth-order valence-electron chi connectivity index (χ4n) is 3.76. The molecule has 1 atom stereocenters. The number of carbonyl (C=O) groups is 1. The Hall–Kier alpha value is -3.49. The molecule has 1 aliphatic rings. The molecular weight excluding hydrogens is 463 g/mol. The molecular formula is C24H18ClFN4O2S. The molecule has 0 spiro atoms. The molecule has 33 heavy (non-hydrogen) atoms. The van der Waals surface area contributed by atoms with Crippen LogP contribution in [0.15, 0.2) is 76.3 Å². The van der Waals surface area contributed by atoms with Crippen molar-refractivity contribution in [3.8, 4) is 11.4 Å². The van der Waals surface area contributed by atoms with E-state index >= 15 is 0 Å². The number of halogens is 2. The number of thiophene rings is 1. The van der Waals surface area contributed by atoms with Crippen molar-refractivity contribution in [1.82, 2.24) is 20.4 Å². The molecule has 2 aromatic heterocycles. The van der Waals surface area contributed by atoms with Gasteiger partial charge in [0, 0.05) is 21.2 Å². The number of hydrogen-bond donors (Lipinski definition) is 1. The third-order valence-electron chi connectivity index (χ3n) is 5.45. The zero-order valence-corrected chi connectivity index (χ0v) is 19.0. The average molecular weight is 481 g/mol. The van der Waals surface area contributed by atoms with E-state index in [-0.39, 0.29) is 17.7 Å². The van der Waals surface area contributed by atoms with Gasteiger partial charge in [-0.3, -0.25) is 4.90 Å². The van der Waals surface area contributed by atoms with Gasteiger partial charge in [-0.05, 0) is 60.3 Å². The molecule has 5 rings (SSSR count). The van der Waals surface area contributed by atoms with E-state index in [0.29, 0.717) is 34.2 Å². The Kier molecular flexibility index (Phi) is 5.70. The molecule has 4 aromatic rings. The summed E-state index contributed by atoms with van der Waals surface area (Å²) in [5.74, 6) is 0.328. The summed E-state index contributed by atoms with van der Waals surface area (Å²) in [6.07, 6.45) is 0. The molecule has 0 saturated carbocycles. The van der Waals surface area contributed by atoms with Crippen LogP contribution in [0.2, 0.25) is 5.02 Å². The van der Waals surface area contributed by atoms with Gasteiger partial charge in [-0.1, -0.05) is 35.0 Å². The predicted octanol–water partition coefficient (Wildman–Crippen LogP) is 6.29. The SMILES string of the molecule is CC1=C(c2nc(-c3ccc(Cl)cc3)no2)C(c2ccc(F)cc2)NC(=O)N1Cc1cccs1. The van der Waals surface area contributed by atoms with Crippen LogP contribution in [0.25, 0.3) is 17.0 Å². The van der Waals surface area contributed by atoms with Crippen molar-refractivity contribution in [3.63, 3.8) is 0 Å². The number of benzene rings is 2. The number of nitrogens with one attached hydrogen (secondary N) is 1. The van der Waals surface area contributed by atoms with Crippen molar-refractivity contribution in [2.45, 2.75) is 19.5 Å². The Labute approximate surface area is 198 Å². The minimum Gasteiger partial charge on any atom is -0.334 e. The molecule has 166 valence electrons. The van der Waals surface area contributed by atoms with Crippen LogP contribution < -0.4 is 5.32 Å². The summed E-state index contributed by atoms with van der Waals surface area (Å²) in [5.41, 5.74) is 2.81. The van der Waals surface area contributed by atoms with Gasteiger partial charge in [-0.2, -0.15) is 4.98 Å². The first-order chi connectivity index (χ1) is 16.0. The standard InChI is InChI=1S/C24H18ClFN4O2S/c1-14-20(23-28-22(29-32-23)16-4-8-17(25)9-5-16)21(15-6-10-18(26)11-7-15)27-24(31)30(14)13-19-3-2-12-33-19/h2-12,21H,13H2,1H3,(H,27,31). The number of amides is 2. The predicted molar refractivity (Wildman–Crippen MR) is 125 cm³/mol. The van der Waals surface area contributed by atoms with Gasteiger partial charge in [0.1, 0.15) is 5.82 Å². The maximum atomic E-state index is 13.6. The fraction of sp³-hybridized carbons (Fsp3) is 0.125. The van der Waals surface area contributed by atoms with Gasteiger partial charge in [0.05, 0.1) is 18.2 Å². The minimum atomic E-state index is -0.573. The van der Waals surface area contributed by atoms with Gasteiger partial charge in [0.25, 0.3) is 5.89 Å². The van der Waals surface area contributed by atoms with E-state index in [1.54, 1.807) is 52.6 Å². The number of allylic oxidation sites excluding steroid dienone is 1. The zero-order chi connectivity index (χ0) is 22.9. The second kappa shape index (κ2) is 8.80. The Morgan fingerprint density at radius 3 is 2.61 bits per heavy atom. The lowest BCUT2D eigenvalue weighted by molar-refractivity contribution is 0.203. The Bertz CT molecular complexity index is 1320. The van der Waals surface area contributed by atoms with Crippen molar-refractivity contribution in [2.24, 2.45) is 0 Å². The van der Waals surface area contributed by atoms with Crippen LogP contribution in [0.3, 0.4) is 0 Å². The summed E-state index contributed by atoms with van der Waals surface area (Å²) >= 11 is 7.56. The zero-order valence-electron chi connectivity index (χ0n) is 17.5. The van der Waals surface area contributed by atoms with Gasteiger partial charge in [-0.25, -0.2) is 9.18 Å². The fourth-order valence-corrected chi connectivity index (χ4v) is 4.58. The lowest BCUT2D eigenvalue weighted by Gasteiger charge is -2.35. The highest BCUT2D eigenvalue weighted by atomic mass is 35.5. The van der Waals surface area contributed by atoms with Gasteiger partial charge in [0.15, 0.2) is 0 Å². The number of nitrogens with zero attached hydrogens (tertiary/aromatic N) is 3.